The maximum Gasteiger partial charge on any atom is 0.245 e. The minimum absolute atomic E-state index is 0.0719. The molecule has 1 N–H and O–H groups in total. The first-order valence-corrected chi connectivity index (χ1v) is 8.53. The van der Waals surface area contributed by atoms with Crippen molar-refractivity contribution >= 4 is 21.6 Å². The standard InChI is InChI=1S/C14H16ClN3O2S/c1-9-13(14(15)18(2)16-9)21(19,20)17-12-7-10-5-3-4-6-11(10)8-12/h3-6,12,17H,7-8H2,1-2H3. The second-order valence-corrected chi connectivity index (χ2v) is 7.33. The van der Waals surface area contributed by atoms with Crippen LogP contribution in [-0.4, -0.2) is 24.2 Å². The molecule has 0 spiro atoms. The smallest absolute Gasteiger partial charge is 0.245 e. The second-order valence-electron chi connectivity index (χ2n) is 5.32. The number of benzene rings is 1. The van der Waals surface area contributed by atoms with E-state index in [1.54, 1.807) is 14.0 Å². The minimum Gasteiger partial charge on any atom is -0.255 e. The van der Waals surface area contributed by atoms with Gasteiger partial charge >= 0.3 is 0 Å². The van der Waals surface area contributed by atoms with Crippen molar-refractivity contribution in [1.82, 2.24) is 14.5 Å². The van der Waals surface area contributed by atoms with Gasteiger partial charge in [0.25, 0.3) is 0 Å². The molecule has 0 fully saturated rings. The highest BCUT2D eigenvalue weighted by Crippen LogP contribution is 2.27. The lowest BCUT2D eigenvalue weighted by molar-refractivity contribution is 0.555. The maximum atomic E-state index is 12.5. The Morgan fingerprint density at radius 1 is 1.29 bits per heavy atom. The van der Waals surface area contributed by atoms with Crippen molar-refractivity contribution in [1.29, 1.82) is 0 Å². The van der Waals surface area contributed by atoms with E-state index in [2.05, 4.69) is 9.82 Å². The summed E-state index contributed by atoms with van der Waals surface area (Å²) < 4.78 is 29.2. The van der Waals surface area contributed by atoms with Gasteiger partial charge in [-0.05, 0) is 30.9 Å². The molecule has 1 aromatic carbocycles. The number of rotatable bonds is 3. The van der Waals surface area contributed by atoms with Crippen LogP contribution in [0, 0.1) is 6.92 Å². The molecule has 0 bridgehead atoms. The summed E-state index contributed by atoms with van der Waals surface area (Å²) in [4.78, 5) is 0.0719. The Balaban J connectivity index is 1.86. The van der Waals surface area contributed by atoms with Crippen LogP contribution in [-0.2, 0) is 29.9 Å². The van der Waals surface area contributed by atoms with Crippen LogP contribution < -0.4 is 4.72 Å². The number of hydrogen-bond acceptors (Lipinski definition) is 3. The first-order chi connectivity index (χ1) is 9.88. The molecule has 5 nitrogen and oxygen atoms in total. The molecule has 0 saturated carbocycles. The van der Waals surface area contributed by atoms with Crippen LogP contribution >= 0.6 is 11.6 Å². The number of sulfonamides is 1. The third-order valence-electron chi connectivity index (χ3n) is 3.74. The largest absolute Gasteiger partial charge is 0.255 e. The predicted octanol–water partition coefficient (Wildman–Crippen LogP) is 1.83. The quantitative estimate of drug-likeness (QED) is 0.936. The molecular weight excluding hydrogens is 310 g/mol. The lowest BCUT2D eigenvalue weighted by atomic mass is 10.1. The highest BCUT2D eigenvalue weighted by atomic mass is 35.5. The molecule has 112 valence electrons. The topological polar surface area (TPSA) is 64.0 Å². The molecule has 0 amide bonds. The Hall–Kier alpha value is -1.37. The van der Waals surface area contributed by atoms with Gasteiger partial charge in [0.15, 0.2) is 0 Å². The van der Waals surface area contributed by atoms with Gasteiger partial charge in [-0.3, -0.25) is 4.68 Å². The second kappa shape index (κ2) is 5.12. The van der Waals surface area contributed by atoms with Gasteiger partial charge in [0.2, 0.25) is 10.0 Å². The molecule has 0 saturated heterocycles. The van der Waals surface area contributed by atoms with E-state index >= 15 is 0 Å². The third kappa shape index (κ3) is 2.59. The predicted molar refractivity (Wildman–Crippen MR) is 80.9 cm³/mol. The Morgan fingerprint density at radius 2 is 1.86 bits per heavy atom. The number of nitrogens with zero attached hydrogens (tertiary/aromatic N) is 2. The van der Waals surface area contributed by atoms with Crippen molar-refractivity contribution in [2.24, 2.45) is 7.05 Å². The number of hydrogen-bond donors (Lipinski definition) is 1. The average Bonchev–Trinajstić information content (AvgIpc) is 2.89. The highest BCUT2D eigenvalue weighted by Gasteiger charge is 2.30. The van der Waals surface area contributed by atoms with Crippen molar-refractivity contribution in [3.63, 3.8) is 0 Å². The van der Waals surface area contributed by atoms with Crippen molar-refractivity contribution in [3.05, 3.63) is 46.2 Å². The van der Waals surface area contributed by atoms with Crippen molar-refractivity contribution < 1.29 is 8.42 Å². The lowest BCUT2D eigenvalue weighted by Gasteiger charge is -2.12. The molecule has 7 heteroatoms. The molecule has 0 aliphatic heterocycles. The summed E-state index contributed by atoms with van der Waals surface area (Å²) in [7, 11) is -2.04. The van der Waals surface area contributed by atoms with E-state index in [-0.39, 0.29) is 16.1 Å². The summed E-state index contributed by atoms with van der Waals surface area (Å²) in [6.07, 6.45) is 1.40. The molecule has 0 unspecified atom stereocenters. The van der Waals surface area contributed by atoms with E-state index in [9.17, 15) is 8.42 Å². The SMILES string of the molecule is Cc1nn(C)c(Cl)c1S(=O)(=O)NC1Cc2ccccc2C1. The normalized spacial score (nSPS) is 15.4. The molecule has 1 aliphatic rings. The summed E-state index contributed by atoms with van der Waals surface area (Å²) in [6, 6.07) is 7.87. The molecule has 21 heavy (non-hydrogen) atoms. The zero-order valence-electron chi connectivity index (χ0n) is 11.8. The van der Waals surface area contributed by atoms with E-state index in [4.69, 9.17) is 11.6 Å². The fourth-order valence-electron chi connectivity index (χ4n) is 2.84. The Kier molecular flexibility index (Phi) is 3.55. The van der Waals surface area contributed by atoms with Gasteiger partial charge in [0, 0.05) is 13.1 Å². The van der Waals surface area contributed by atoms with Gasteiger partial charge in [-0.2, -0.15) is 5.10 Å². The Bertz CT molecular complexity index is 774. The van der Waals surface area contributed by atoms with Crippen molar-refractivity contribution in [2.45, 2.75) is 30.7 Å². The molecule has 3 rings (SSSR count). The molecule has 0 radical (unpaired) electrons. The van der Waals surface area contributed by atoms with Gasteiger partial charge < -0.3 is 0 Å². The van der Waals surface area contributed by atoms with Crippen LogP contribution in [0.2, 0.25) is 5.15 Å². The fraction of sp³-hybridized carbons (Fsp3) is 0.357. The van der Waals surface area contributed by atoms with Crippen LogP contribution in [0.3, 0.4) is 0 Å². The van der Waals surface area contributed by atoms with E-state index in [0.29, 0.717) is 18.5 Å². The fourth-order valence-corrected chi connectivity index (χ4v) is 4.82. The van der Waals surface area contributed by atoms with Crippen LogP contribution in [0.1, 0.15) is 16.8 Å². The van der Waals surface area contributed by atoms with Gasteiger partial charge in [-0.15, -0.1) is 0 Å². The number of fused-ring (bicyclic) bond motifs is 1. The molecular formula is C14H16ClN3O2S. The summed E-state index contributed by atoms with van der Waals surface area (Å²) in [6.45, 7) is 1.64. The zero-order chi connectivity index (χ0) is 15.2. The number of aryl methyl sites for hydroxylation is 2. The maximum absolute atomic E-state index is 12.5. The van der Waals surface area contributed by atoms with E-state index < -0.39 is 10.0 Å². The summed E-state index contributed by atoms with van der Waals surface area (Å²) in [5.74, 6) is 0. The summed E-state index contributed by atoms with van der Waals surface area (Å²) >= 11 is 6.05. The molecule has 1 aliphatic carbocycles. The third-order valence-corrected chi connectivity index (χ3v) is 5.96. The van der Waals surface area contributed by atoms with E-state index in [1.165, 1.54) is 15.8 Å². The first-order valence-electron chi connectivity index (χ1n) is 6.66. The zero-order valence-corrected chi connectivity index (χ0v) is 13.4. The summed E-state index contributed by atoms with van der Waals surface area (Å²) in [5, 5.41) is 4.19. The van der Waals surface area contributed by atoms with Crippen LogP contribution in [0.15, 0.2) is 29.2 Å². The Labute approximate surface area is 129 Å². The average molecular weight is 326 g/mol. The Morgan fingerprint density at radius 3 is 2.33 bits per heavy atom. The molecule has 1 heterocycles. The van der Waals surface area contributed by atoms with Gasteiger partial charge in [0.05, 0.1) is 5.69 Å². The molecule has 1 aromatic heterocycles. The van der Waals surface area contributed by atoms with Gasteiger partial charge in [0.1, 0.15) is 10.0 Å². The van der Waals surface area contributed by atoms with Crippen molar-refractivity contribution in [2.75, 3.05) is 0 Å². The molecule has 2 aromatic rings. The highest BCUT2D eigenvalue weighted by molar-refractivity contribution is 7.89. The number of halogens is 1. The van der Waals surface area contributed by atoms with Crippen LogP contribution in [0.25, 0.3) is 0 Å². The lowest BCUT2D eigenvalue weighted by Crippen LogP contribution is -2.35. The first kappa shape index (κ1) is 14.6. The van der Waals surface area contributed by atoms with Gasteiger partial charge in [-0.25, -0.2) is 13.1 Å². The van der Waals surface area contributed by atoms with E-state index in [1.807, 2.05) is 24.3 Å². The van der Waals surface area contributed by atoms with Crippen molar-refractivity contribution in [3.8, 4) is 0 Å². The number of nitrogens with one attached hydrogen (secondary N) is 1. The van der Waals surface area contributed by atoms with Gasteiger partial charge in [-0.1, -0.05) is 35.9 Å². The van der Waals surface area contributed by atoms with E-state index in [0.717, 1.165) is 0 Å². The van der Waals surface area contributed by atoms with Crippen LogP contribution in [0.4, 0.5) is 0 Å². The molecule has 0 atom stereocenters. The minimum atomic E-state index is -3.67. The van der Waals surface area contributed by atoms with Crippen LogP contribution in [0.5, 0.6) is 0 Å². The monoisotopic (exact) mass is 325 g/mol. The summed E-state index contributed by atoms with van der Waals surface area (Å²) in [5.41, 5.74) is 2.80. The number of aromatic nitrogens is 2.